The Balaban J connectivity index is 2.28. The molecule has 0 saturated heterocycles. The summed E-state index contributed by atoms with van der Waals surface area (Å²) in [5.74, 6) is 0. The van der Waals surface area contributed by atoms with E-state index in [4.69, 9.17) is 0 Å². The van der Waals surface area contributed by atoms with E-state index in [1.54, 1.807) is 10.9 Å². The van der Waals surface area contributed by atoms with Gasteiger partial charge < -0.3 is 4.81 Å². The minimum absolute atomic E-state index is 0.481. The quantitative estimate of drug-likeness (QED) is 0.659. The summed E-state index contributed by atoms with van der Waals surface area (Å²) in [6.45, 7) is 9.70. The van der Waals surface area contributed by atoms with E-state index >= 15 is 0 Å². The average molecular weight is 241 g/mol. The van der Waals surface area contributed by atoms with Gasteiger partial charge in [0.25, 0.3) is 6.85 Å². The second-order valence-corrected chi connectivity index (χ2v) is 5.78. The third kappa shape index (κ3) is 2.69. The highest BCUT2D eigenvalue weighted by Crippen LogP contribution is 2.28. The van der Waals surface area contributed by atoms with E-state index in [1.165, 1.54) is 0 Å². The van der Waals surface area contributed by atoms with Gasteiger partial charge in [0.1, 0.15) is 0 Å². The summed E-state index contributed by atoms with van der Waals surface area (Å²) in [5.41, 5.74) is 3.10. The first-order chi connectivity index (χ1) is 8.61. The van der Waals surface area contributed by atoms with E-state index in [2.05, 4.69) is 69.0 Å². The molecule has 18 heavy (non-hydrogen) atoms. The lowest BCUT2D eigenvalue weighted by molar-refractivity contribution is 0.306. The average Bonchev–Trinajstić information content (AvgIpc) is 2.98. The highest BCUT2D eigenvalue weighted by atomic mass is 15.1. The Labute approximate surface area is 112 Å². The Bertz CT molecular complexity index is 375. The number of hydrogen-bond acceptors (Lipinski definition) is 1. The summed E-state index contributed by atoms with van der Waals surface area (Å²) in [6.07, 6.45) is 15.8. The van der Waals surface area contributed by atoms with Crippen molar-refractivity contribution < 1.29 is 0 Å². The standard InChI is InChI=1S/C16H24BN/c1-13(2)18(14(3)4)17(15-9-5-6-10-15)16-11-7-8-12-16/h5-9,11,13-14H,10,12H2,1-4H3. The van der Waals surface area contributed by atoms with Crippen LogP contribution < -0.4 is 0 Å². The molecular formula is C16H24BN. The third-order valence-corrected chi connectivity index (χ3v) is 3.79. The van der Waals surface area contributed by atoms with Crippen molar-refractivity contribution in [1.29, 1.82) is 0 Å². The van der Waals surface area contributed by atoms with Crippen molar-refractivity contribution in [3.05, 3.63) is 47.4 Å². The van der Waals surface area contributed by atoms with E-state index in [0.717, 1.165) is 12.8 Å². The highest BCUT2D eigenvalue weighted by molar-refractivity contribution is 6.71. The van der Waals surface area contributed by atoms with Crippen molar-refractivity contribution in [3.63, 3.8) is 0 Å². The molecule has 0 saturated carbocycles. The van der Waals surface area contributed by atoms with Gasteiger partial charge in [-0.15, -0.1) is 0 Å². The van der Waals surface area contributed by atoms with Crippen LogP contribution in [-0.4, -0.2) is 23.7 Å². The molecule has 2 aliphatic carbocycles. The van der Waals surface area contributed by atoms with Crippen LogP contribution in [0.2, 0.25) is 0 Å². The maximum atomic E-state index is 2.64. The van der Waals surface area contributed by atoms with Crippen LogP contribution in [0.3, 0.4) is 0 Å². The van der Waals surface area contributed by atoms with Crippen LogP contribution in [0.1, 0.15) is 40.5 Å². The smallest absolute Gasteiger partial charge is 0.284 e. The lowest BCUT2D eigenvalue weighted by atomic mass is 9.46. The van der Waals surface area contributed by atoms with Crippen molar-refractivity contribution in [3.8, 4) is 0 Å². The Morgan fingerprint density at radius 3 is 1.61 bits per heavy atom. The summed E-state index contributed by atoms with van der Waals surface area (Å²) in [5, 5.41) is 0. The molecule has 0 aromatic carbocycles. The van der Waals surface area contributed by atoms with E-state index in [-0.39, 0.29) is 0 Å². The van der Waals surface area contributed by atoms with E-state index in [9.17, 15) is 0 Å². The normalized spacial score (nSPS) is 18.2. The molecule has 0 aromatic rings. The molecule has 2 aliphatic rings. The number of allylic oxidation sites excluding steroid dienone is 8. The predicted molar refractivity (Wildman–Crippen MR) is 81.5 cm³/mol. The predicted octanol–water partition coefficient (Wildman–Crippen LogP) is 3.95. The van der Waals surface area contributed by atoms with Crippen LogP contribution in [-0.2, 0) is 0 Å². The molecule has 0 heterocycles. The van der Waals surface area contributed by atoms with Gasteiger partial charge in [0, 0.05) is 0 Å². The van der Waals surface area contributed by atoms with Gasteiger partial charge >= 0.3 is 0 Å². The Kier molecular flexibility index (Phi) is 4.29. The van der Waals surface area contributed by atoms with Crippen molar-refractivity contribution in [2.75, 3.05) is 0 Å². The lowest BCUT2D eigenvalue weighted by Crippen LogP contribution is -2.50. The van der Waals surface area contributed by atoms with Gasteiger partial charge in [-0.3, -0.25) is 0 Å². The SMILES string of the molecule is CC(C)N(B(C1=CC=CC1)C1=CC=CC1)C(C)C. The number of nitrogens with zero attached hydrogens (tertiary/aromatic N) is 1. The zero-order valence-corrected chi connectivity index (χ0v) is 12.1. The molecule has 0 amide bonds. The van der Waals surface area contributed by atoms with Gasteiger partial charge in [-0.25, -0.2) is 0 Å². The summed E-state index contributed by atoms with van der Waals surface area (Å²) in [7, 11) is 0. The molecule has 0 aliphatic heterocycles. The fourth-order valence-corrected chi connectivity index (χ4v) is 3.15. The van der Waals surface area contributed by atoms with Gasteiger partial charge in [-0.2, -0.15) is 0 Å². The fourth-order valence-electron chi connectivity index (χ4n) is 3.15. The molecule has 96 valence electrons. The first-order valence-corrected chi connectivity index (χ1v) is 7.10. The van der Waals surface area contributed by atoms with Crippen LogP contribution in [0.5, 0.6) is 0 Å². The molecule has 0 atom stereocenters. The first-order valence-electron chi connectivity index (χ1n) is 7.10. The molecule has 0 bridgehead atoms. The lowest BCUT2D eigenvalue weighted by Gasteiger charge is -2.38. The van der Waals surface area contributed by atoms with Crippen molar-refractivity contribution in [1.82, 2.24) is 4.81 Å². The molecular weight excluding hydrogens is 217 g/mol. The highest BCUT2D eigenvalue weighted by Gasteiger charge is 2.34. The second kappa shape index (κ2) is 5.75. The Morgan fingerprint density at radius 1 is 0.889 bits per heavy atom. The monoisotopic (exact) mass is 241 g/mol. The summed E-state index contributed by atoms with van der Waals surface area (Å²) >= 11 is 0. The minimum Gasteiger partial charge on any atom is -0.330 e. The van der Waals surface area contributed by atoms with Gasteiger partial charge in [0.05, 0.1) is 0 Å². The Hall–Kier alpha value is -1.02. The second-order valence-electron chi connectivity index (χ2n) is 5.78. The summed E-state index contributed by atoms with van der Waals surface area (Å²) in [4.78, 5) is 2.64. The van der Waals surface area contributed by atoms with Crippen molar-refractivity contribution >= 4 is 6.85 Å². The minimum atomic E-state index is 0.481. The zero-order chi connectivity index (χ0) is 13.1. The molecule has 2 rings (SSSR count). The molecule has 0 aromatic heterocycles. The molecule has 0 N–H and O–H groups in total. The molecule has 0 fully saturated rings. The van der Waals surface area contributed by atoms with Crippen molar-refractivity contribution in [2.45, 2.75) is 52.6 Å². The largest absolute Gasteiger partial charge is 0.330 e. The molecule has 0 radical (unpaired) electrons. The molecule has 1 nitrogen and oxygen atoms in total. The Morgan fingerprint density at radius 2 is 1.33 bits per heavy atom. The van der Waals surface area contributed by atoms with Crippen LogP contribution in [0.25, 0.3) is 0 Å². The summed E-state index contributed by atoms with van der Waals surface area (Å²) in [6, 6.07) is 1.14. The number of rotatable bonds is 5. The molecule has 0 unspecified atom stereocenters. The topological polar surface area (TPSA) is 3.24 Å². The van der Waals surface area contributed by atoms with E-state index < -0.39 is 0 Å². The van der Waals surface area contributed by atoms with Crippen LogP contribution in [0.4, 0.5) is 0 Å². The fraction of sp³-hybridized carbons (Fsp3) is 0.500. The van der Waals surface area contributed by atoms with Gasteiger partial charge in [-0.05, 0) is 24.9 Å². The maximum Gasteiger partial charge on any atom is 0.284 e. The van der Waals surface area contributed by atoms with Crippen molar-refractivity contribution in [2.24, 2.45) is 0 Å². The zero-order valence-electron chi connectivity index (χ0n) is 12.1. The van der Waals surface area contributed by atoms with E-state index in [1.807, 2.05) is 0 Å². The van der Waals surface area contributed by atoms with Crippen LogP contribution in [0.15, 0.2) is 47.4 Å². The van der Waals surface area contributed by atoms with E-state index in [0.29, 0.717) is 18.9 Å². The van der Waals surface area contributed by atoms with Gasteiger partial charge in [-0.1, -0.05) is 75.1 Å². The van der Waals surface area contributed by atoms with Crippen LogP contribution >= 0.6 is 0 Å². The van der Waals surface area contributed by atoms with Crippen LogP contribution in [0, 0.1) is 0 Å². The summed E-state index contributed by atoms with van der Waals surface area (Å²) < 4.78 is 0. The number of hydrogen-bond donors (Lipinski definition) is 0. The molecule has 2 heteroatoms. The maximum absolute atomic E-state index is 2.64. The molecule has 0 spiro atoms. The van der Waals surface area contributed by atoms with Gasteiger partial charge in [0.2, 0.25) is 0 Å². The third-order valence-electron chi connectivity index (χ3n) is 3.79. The van der Waals surface area contributed by atoms with Gasteiger partial charge in [0.15, 0.2) is 0 Å². The first kappa shape index (κ1) is 13.4.